The fraction of sp³-hybridized carbons (Fsp3) is 0.541. The molecule has 2 aliphatic heterocycles. The third-order valence-electron chi connectivity index (χ3n) is 16.9. The smallest absolute Gasteiger partial charge is 0.246 e. The Kier molecular flexibility index (Phi) is 18.8. The monoisotopic (exact) mass is 1170 g/mol. The average Bonchev–Trinajstić information content (AvgIpc) is 4.11. The van der Waals surface area contributed by atoms with Crippen molar-refractivity contribution in [2.24, 2.45) is 16.7 Å². The molecule has 0 aromatic heterocycles. The molecule has 82 heavy (non-hydrogen) atoms. The lowest BCUT2D eigenvalue weighted by molar-refractivity contribution is -0.144. The zero-order chi connectivity index (χ0) is 59.6. The van der Waals surface area contributed by atoms with Crippen LogP contribution in [0.2, 0.25) is 0 Å². The minimum absolute atomic E-state index is 0.0267. The van der Waals surface area contributed by atoms with Crippen LogP contribution >= 0.6 is 0 Å². The van der Waals surface area contributed by atoms with Gasteiger partial charge in [0.1, 0.15) is 24.2 Å². The second-order valence-electron chi connectivity index (χ2n) is 25.1. The standard InChI is InChI=1S/C61H83N9O10S2/c1-36(62-9)54(71)66-52(60(3,4)5)58(75)69-33-38(29-50(69)56(73)64-48-23-15-19-39-17-11-13-21-46(39)48)35-81(77,78)44-27-25-42-31-45(28-26-41(42)30-44)82(79,80)68-43-32-51(57(74)65-49-24-16-20-40-18-12-14-22-47(40)49)70(34-43)59(76)53(61(6,7)8)67-55(72)37(2)63-10/h11-14,17-18,21-22,25-28,30-31,36-38,43,48-53,62-63,68H,15-16,19-20,23-24,29,32-35H2,1-10H3,(H,64,73)(H,65,74)(H,66,71)(H,67,72)/t36-,37-,38-,43-,48+,49+,50-,51-,52+,53+/m0/s1. The Bertz CT molecular complexity index is 3090. The van der Waals surface area contributed by atoms with Gasteiger partial charge in [-0.25, -0.2) is 21.6 Å². The predicted molar refractivity (Wildman–Crippen MR) is 314 cm³/mol. The number of nitrogens with one attached hydrogen (secondary N) is 7. The number of fused-ring (bicyclic) bond motifs is 3. The molecular weight excluding hydrogens is 1080 g/mol. The Labute approximate surface area is 483 Å². The van der Waals surface area contributed by atoms with Crippen LogP contribution in [0.4, 0.5) is 0 Å². The van der Waals surface area contributed by atoms with E-state index in [2.05, 4.69) is 36.6 Å². The number of likely N-dealkylation sites (tertiary alicyclic amines) is 2. The van der Waals surface area contributed by atoms with Crippen LogP contribution in [0.25, 0.3) is 10.8 Å². The number of hydrogen-bond donors (Lipinski definition) is 7. The van der Waals surface area contributed by atoms with Crippen LogP contribution in [0.1, 0.15) is 128 Å². The Morgan fingerprint density at radius 3 is 1.50 bits per heavy atom. The highest BCUT2D eigenvalue weighted by molar-refractivity contribution is 7.91. The van der Waals surface area contributed by atoms with E-state index in [1.807, 2.05) is 90.1 Å². The first-order chi connectivity index (χ1) is 38.6. The molecule has 0 unspecified atom stereocenters. The van der Waals surface area contributed by atoms with Gasteiger partial charge in [0.25, 0.3) is 0 Å². The topological polar surface area (TPSA) is 261 Å². The maximum absolute atomic E-state index is 14.7. The van der Waals surface area contributed by atoms with Crippen molar-refractivity contribution in [3.63, 3.8) is 0 Å². The van der Waals surface area contributed by atoms with Crippen LogP contribution in [-0.2, 0) is 61.5 Å². The van der Waals surface area contributed by atoms with E-state index in [-0.39, 0.29) is 47.8 Å². The predicted octanol–water partition coefficient (Wildman–Crippen LogP) is 4.74. The summed E-state index contributed by atoms with van der Waals surface area (Å²) in [7, 11) is -5.14. The van der Waals surface area contributed by atoms with E-state index >= 15 is 0 Å². The molecule has 4 aromatic carbocycles. The Morgan fingerprint density at radius 2 is 1.02 bits per heavy atom. The molecule has 4 aromatic rings. The van der Waals surface area contributed by atoms with Crippen molar-refractivity contribution in [3.05, 3.63) is 107 Å². The quantitative estimate of drug-likeness (QED) is 0.0713. The molecule has 0 saturated carbocycles. The van der Waals surface area contributed by atoms with E-state index in [0.717, 1.165) is 47.9 Å². The van der Waals surface area contributed by atoms with Gasteiger partial charge >= 0.3 is 0 Å². The first-order valence-electron chi connectivity index (χ1n) is 28.7. The molecule has 2 heterocycles. The molecule has 2 saturated heterocycles. The number of sulfonamides is 1. The molecule has 19 nitrogen and oxygen atoms in total. The molecular formula is C61H83N9O10S2. The number of rotatable bonds is 18. The fourth-order valence-corrected chi connectivity index (χ4v) is 14.9. The van der Waals surface area contributed by atoms with Crippen molar-refractivity contribution < 1.29 is 45.6 Å². The van der Waals surface area contributed by atoms with E-state index in [4.69, 9.17) is 0 Å². The summed E-state index contributed by atoms with van der Waals surface area (Å²) in [6.07, 6.45) is 4.86. The molecule has 10 atom stereocenters. The summed E-state index contributed by atoms with van der Waals surface area (Å²) in [5, 5.41) is 18.8. The van der Waals surface area contributed by atoms with Gasteiger partial charge in [0.05, 0.1) is 39.7 Å². The second-order valence-corrected chi connectivity index (χ2v) is 28.8. The third-order valence-corrected chi connectivity index (χ3v) is 20.3. The lowest BCUT2D eigenvalue weighted by Gasteiger charge is -2.36. The number of likely N-dealkylation sites (N-methyl/N-ethyl adjacent to an activating group) is 2. The van der Waals surface area contributed by atoms with Gasteiger partial charge in [-0.05, 0) is 153 Å². The maximum Gasteiger partial charge on any atom is 0.246 e. The molecule has 0 bridgehead atoms. The number of amides is 6. The zero-order valence-corrected chi connectivity index (χ0v) is 50.6. The number of hydrogen-bond acceptors (Lipinski definition) is 12. The van der Waals surface area contributed by atoms with Crippen molar-refractivity contribution in [2.75, 3.05) is 32.9 Å². The second kappa shape index (κ2) is 24.9. The van der Waals surface area contributed by atoms with Crippen molar-refractivity contribution in [1.29, 1.82) is 0 Å². The number of benzene rings is 4. The van der Waals surface area contributed by atoms with Gasteiger partial charge in [0, 0.05) is 19.1 Å². The van der Waals surface area contributed by atoms with E-state index < -0.39 is 120 Å². The molecule has 2 aliphatic carbocycles. The number of aryl methyl sites for hydroxylation is 2. The third kappa shape index (κ3) is 13.9. The summed E-state index contributed by atoms with van der Waals surface area (Å²) in [4.78, 5) is 87.5. The molecule has 8 rings (SSSR count). The van der Waals surface area contributed by atoms with Crippen LogP contribution in [0.15, 0.2) is 94.7 Å². The molecule has 0 spiro atoms. The normalized spacial score (nSPS) is 22.7. The van der Waals surface area contributed by atoms with Gasteiger partial charge < -0.3 is 41.7 Å². The molecule has 0 radical (unpaired) electrons. The summed E-state index contributed by atoms with van der Waals surface area (Å²) in [6, 6.07) is 17.6. The Morgan fingerprint density at radius 1 is 0.585 bits per heavy atom. The van der Waals surface area contributed by atoms with Crippen LogP contribution in [0.5, 0.6) is 0 Å². The molecule has 21 heteroatoms. The summed E-state index contributed by atoms with van der Waals surface area (Å²) in [5.74, 6) is -3.72. The average molecular weight is 1170 g/mol. The van der Waals surface area contributed by atoms with Gasteiger partial charge in [-0.2, -0.15) is 0 Å². The van der Waals surface area contributed by atoms with Crippen molar-refractivity contribution in [1.82, 2.24) is 46.4 Å². The highest BCUT2D eigenvalue weighted by Gasteiger charge is 2.49. The van der Waals surface area contributed by atoms with E-state index in [1.165, 1.54) is 46.2 Å². The van der Waals surface area contributed by atoms with Crippen LogP contribution in [0.3, 0.4) is 0 Å². The summed E-state index contributed by atoms with van der Waals surface area (Å²) in [5.41, 5.74) is 2.69. The highest BCUT2D eigenvalue weighted by Crippen LogP contribution is 2.36. The van der Waals surface area contributed by atoms with Crippen LogP contribution in [0, 0.1) is 16.7 Å². The van der Waals surface area contributed by atoms with Gasteiger partial charge in [-0.3, -0.25) is 28.8 Å². The number of sulfone groups is 1. The molecule has 7 N–H and O–H groups in total. The SMILES string of the molecule is CN[C@@H](C)C(=O)N[C@H](C(=O)N1C[C@@H](CS(=O)(=O)c2ccc3cc(S(=O)(=O)N[C@H]4C[C@@H](C(=O)N[C@@H]5CCCc6ccccc65)N(C(=O)[C@@H](NC(=O)[C@H](C)NC)C(C)(C)C)C4)ccc3c2)C[C@H]1C(=O)N[C@@H]1CCCc2ccccc21)C(C)(C)C. The summed E-state index contributed by atoms with van der Waals surface area (Å²) >= 11 is 0. The van der Waals surface area contributed by atoms with Gasteiger partial charge in [-0.15, -0.1) is 0 Å². The van der Waals surface area contributed by atoms with Gasteiger partial charge in [0.2, 0.25) is 45.5 Å². The van der Waals surface area contributed by atoms with Crippen molar-refractivity contribution in [3.8, 4) is 0 Å². The largest absolute Gasteiger partial charge is 0.347 e. The minimum atomic E-state index is -4.32. The lowest BCUT2D eigenvalue weighted by atomic mass is 9.85. The number of carbonyl (C=O) groups excluding carboxylic acids is 6. The molecule has 444 valence electrons. The first-order valence-corrected chi connectivity index (χ1v) is 31.8. The van der Waals surface area contributed by atoms with Crippen molar-refractivity contribution >= 4 is 66.1 Å². The van der Waals surface area contributed by atoms with E-state index in [9.17, 15) is 45.6 Å². The summed E-state index contributed by atoms with van der Waals surface area (Å²) < 4.78 is 60.4. The molecule has 6 amide bonds. The lowest BCUT2D eigenvalue weighted by Crippen LogP contribution is -2.59. The molecule has 4 aliphatic rings. The Hall–Kier alpha value is -6.26. The van der Waals surface area contributed by atoms with Crippen LogP contribution < -0.4 is 36.6 Å². The highest BCUT2D eigenvalue weighted by atomic mass is 32.2. The zero-order valence-electron chi connectivity index (χ0n) is 48.9. The Balaban J connectivity index is 1.01. The van der Waals surface area contributed by atoms with Gasteiger partial charge in [0.15, 0.2) is 9.84 Å². The maximum atomic E-state index is 14.7. The van der Waals surface area contributed by atoms with E-state index in [1.54, 1.807) is 27.9 Å². The fourth-order valence-electron chi connectivity index (χ4n) is 12.0. The van der Waals surface area contributed by atoms with Crippen LogP contribution in [-0.4, -0.2) is 137 Å². The molecule has 2 fully saturated rings. The number of nitrogens with zero attached hydrogens (tertiary/aromatic N) is 2. The minimum Gasteiger partial charge on any atom is -0.347 e. The van der Waals surface area contributed by atoms with Gasteiger partial charge in [-0.1, -0.05) is 102 Å². The van der Waals surface area contributed by atoms with Crippen molar-refractivity contribution in [2.45, 2.75) is 171 Å². The van der Waals surface area contributed by atoms with E-state index in [0.29, 0.717) is 23.6 Å². The number of carbonyl (C=O) groups is 6. The summed E-state index contributed by atoms with van der Waals surface area (Å²) in [6.45, 7) is 14.0. The first kappa shape index (κ1) is 61.8.